The molecule has 1 aromatic heterocycles. The van der Waals surface area contributed by atoms with E-state index < -0.39 is 5.95 Å². The van der Waals surface area contributed by atoms with Crippen LogP contribution in [0.5, 0.6) is 0 Å². The molecule has 0 bridgehead atoms. The third-order valence-corrected chi connectivity index (χ3v) is 1.48. The first kappa shape index (κ1) is 11.5. The van der Waals surface area contributed by atoms with Gasteiger partial charge in [0.05, 0.1) is 6.61 Å². The Bertz CT molecular complexity index is 333. The van der Waals surface area contributed by atoms with Crippen LogP contribution in [0, 0.1) is 5.95 Å². The van der Waals surface area contributed by atoms with Gasteiger partial charge >= 0.3 is 0 Å². The lowest BCUT2D eigenvalue weighted by Gasteiger charge is -2.04. The van der Waals surface area contributed by atoms with Crippen molar-refractivity contribution in [3.8, 4) is 0 Å². The minimum Gasteiger partial charge on any atom is -0.370 e. The molecule has 1 heterocycles. The fourth-order valence-corrected chi connectivity index (χ4v) is 0.905. The molecule has 0 unspecified atom stereocenters. The maximum atomic E-state index is 12.6. The van der Waals surface area contributed by atoms with E-state index in [4.69, 9.17) is 10.5 Å². The van der Waals surface area contributed by atoms with Gasteiger partial charge in [-0.1, -0.05) is 6.07 Å². The van der Waals surface area contributed by atoms with E-state index in [0.29, 0.717) is 13.2 Å². The zero-order valence-electron chi connectivity index (χ0n) is 8.07. The highest BCUT2D eigenvalue weighted by atomic mass is 19.1. The lowest BCUT2D eigenvalue weighted by molar-refractivity contribution is -0.120. The van der Waals surface area contributed by atoms with Crippen LogP contribution in [0.4, 0.5) is 10.2 Å². The summed E-state index contributed by atoms with van der Waals surface area (Å²) < 4.78 is 17.5. The summed E-state index contributed by atoms with van der Waals surface area (Å²) in [5.41, 5.74) is 5.17. The first-order chi connectivity index (χ1) is 7.22. The molecule has 0 aliphatic rings. The summed E-state index contributed by atoms with van der Waals surface area (Å²) in [5, 5.41) is 2.39. The van der Waals surface area contributed by atoms with Gasteiger partial charge in [-0.2, -0.15) is 4.39 Å². The normalized spacial score (nSPS) is 10.0. The third kappa shape index (κ3) is 4.48. The Morgan fingerprint density at radius 2 is 2.40 bits per heavy atom. The van der Waals surface area contributed by atoms with Crippen LogP contribution >= 0.6 is 0 Å². The SMILES string of the molecule is NCCOCC(=O)Nc1cccc(F)n1. The van der Waals surface area contributed by atoms with Crippen molar-refractivity contribution in [2.45, 2.75) is 0 Å². The van der Waals surface area contributed by atoms with E-state index >= 15 is 0 Å². The maximum absolute atomic E-state index is 12.6. The van der Waals surface area contributed by atoms with Crippen molar-refractivity contribution in [3.63, 3.8) is 0 Å². The molecule has 82 valence electrons. The Morgan fingerprint density at radius 3 is 3.07 bits per heavy atom. The van der Waals surface area contributed by atoms with Gasteiger partial charge in [-0.3, -0.25) is 4.79 Å². The molecule has 1 rings (SSSR count). The number of pyridine rings is 1. The molecule has 0 radical (unpaired) electrons. The van der Waals surface area contributed by atoms with Gasteiger partial charge in [0.25, 0.3) is 5.91 Å². The van der Waals surface area contributed by atoms with E-state index in [1.54, 1.807) is 0 Å². The largest absolute Gasteiger partial charge is 0.370 e. The number of anilines is 1. The van der Waals surface area contributed by atoms with Crippen molar-refractivity contribution in [1.82, 2.24) is 4.98 Å². The molecule has 1 aromatic rings. The number of ether oxygens (including phenoxy) is 1. The topological polar surface area (TPSA) is 77.2 Å². The van der Waals surface area contributed by atoms with Crippen molar-refractivity contribution in [2.75, 3.05) is 25.1 Å². The number of nitrogens with zero attached hydrogens (tertiary/aromatic N) is 1. The minimum atomic E-state index is -0.643. The van der Waals surface area contributed by atoms with Crippen LogP contribution in [0.1, 0.15) is 0 Å². The molecule has 0 aromatic carbocycles. The Kier molecular flexibility index (Phi) is 4.65. The van der Waals surface area contributed by atoms with Crippen LogP contribution < -0.4 is 11.1 Å². The highest BCUT2D eigenvalue weighted by molar-refractivity contribution is 5.90. The molecule has 1 amide bonds. The Balaban J connectivity index is 2.37. The van der Waals surface area contributed by atoms with Crippen molar-refractivity contribution in [1.29, 1.82) is 0 Å². The summed E-state index contributed by atoms with van der Waals surface area (Å²) in [4.78, 5) is 14.6. The van der Waals surface area contributed by atoms with Gasteiger partial charge in [-0.05, 0) is 12.1 Å². The molecule has 0 saturated carbocycles. The fourth-order valence-electron chi connectivity index (χ4n) is 0.905. The van der Waals surface area contributed by atoms with Gasteiger partial charge in [0.2, 0.25) is 5.95 Å². The number of nitrogens with one attached hydrogen (secondary N) is 1. The van der Waals surface area contributed by atoms with Crippen molar-refractivity contribution in [3.05, 3.63) is 24.1 Å². The Labute approximate surface area is 86.4 Å². The smallest absolute Gasteiger partial charge is 0.251 e. The van der Waals surface area contributed by atoms with E-state index in [0.717, 1.165) is 0 Å². The number of carbonyl (C=O) groups is 1. The molecule has 0 atom stereocenters. The summed E-state index contributed by atoms with van der Waals surface area (Å²) in [5.74, 6) is -0.867. The zero-order valence-corrected chi connectivity index (χ0v) is 8.07. The lowest BCUT2D eigenvalue weighted by atomic mass is 10.4. The van der Waals surface area contributed by atoms with E-state index in [1.165, 1.54) is 18.2 Å². The highest BCUT2D eigenvalue weighted by Crippen LogP contribution is 2.02. The molecule has 5 nitrogen and oxygen atoms in total. The number of carbonyl (C=O) groups excluding carboxylic acids is 1. The van der Waals surface area contributed by atoms with Gasteiger partial charge in [0.15, 0.2) is 0 Å². The first-order valence-electron chi connectivity index (χ1n) is 4.42. The molecule has 0 spiro atoms. The van der Waals surface area contributed by atoms with Crippen molar-refractivity contribution in [2.24, 2.45) is 5.73 Å². The van der Waals surface area contributed by atoms with E-state index in [1.807, 2.05) is 0 Å². The standard InChI is InChI=1S/C9H12FN3O2/c10-7-2-1-3-8(12-7)13-9(14)6-15-5-4-11/h1-3H,4-6,11H2,(H,12,13,14). The molecule has 0 aliphatic carbocycles. The van der Waals surface area contributed by atoms with E-state index in [2.05, 4.69) is 10.3 Å². The van der Waals surface area contributed by atoms with Gasteiger partial charge in [-0.25, -0.2) is 4.98 Å². The van der Waals surface area contributed by atoms with Crippen molar-refractivity contribution < 1.29 is 13.9 Å². The average molecular weight is 213 g/mol. The highest BCUT2D eigenvalue weighted by Gasteiger charge is 2.03. The predicted molar refractivity (Wildman–Crippen MR) is 52.7 cm³/mol. The second-order valence-corrected chi connectivity index (χ2v) is 2.73. The summed E-state index contributed by atoms with van der Waals surface area (Å²) in [6.45, 7) is 0.547. The number of aromatic nitrogens is 1. The van der Waals surface area contributed by atoms with Crippen LogP contribution in [-0.2, 0) is 9.53 Å². The monoisotopic (exact) mass is 213 g/mol. The molecule has 0 saturated heterocycles. The molecule has 0 fully saturated rings. The average Bonchev–Trinajstić information content (AvgIpc) is 2.18. The number of hydrogen-bond donors (Lipinski definition) is 2. The minimum absolute atomic E-state index is 0.116. The molecule has 15 heavy (non-hydrogen) atoms. The molecular formula is C9H12FN3O2. The zero-order chi connectivity index (χ0) is 11.1. The molecule has 6 heteroatoms. The number of amides is 1. The van der Waals surface area contributed by atoms with Gasteiger partial charge in [0, 0.05) is 6.54 Å². The second-order valence-electron chi connectivity index (χ2n) is 2.73. The number of nitrogens with two attached hydrogens (primary N) is 1. The first-order valence-corrected chi connectivity index (χ1v) is 4.42. The molecule has 0 aliphatic heterocycles. The van der Waals surface area contributed by atoms with E-state index in [9.17, 15) is 9.18 Å². The molecule has 3 N–H and O–H groups in total. The third-order valence-electron chi connectivity index (χ3n) is 1.48. The van der Waals surface area contributed by atoms with Crippen LogP contribution in [0.3, 0.4) is 0 Å². The van der Waals surface area contributed by atoms with E-state index in [-0.39, 0.29) is 18.3 Å². The van der Waals surface area contributed by atoms with Crippen LogP contribution in [-0.4, -0.2) is 30.6 Å². The number of hydrogen-bond acceptors (Lipinski definition) is 4. The van der Waals surface area contributed by atoms with Gasteiger partial charge in [-0.15, -0.1) is 0 Å². The summed E-state index contributed by atoms with van der Waals surface area (Å²) >= 11 is 0. The van der Waals surface area contributed by atoms with Crippen LogP contribution in [0.2, 0.25) is 0 Å². The second kappa shape index (κ2) is 6.05. The van der Waals surface area contributed by atoms with Crippen LogP contribution in [0.25, 0.3) is 0 Å². The lowest BCUT2D eigenvalue weighted by Crippen LogP contribution is -2.21. The fraction of sp³-hybridized carbons (Fsp3) is 0.333. The predicted octanol–water partition coefficient (Wildman–Crippen LogP) is 0.134. The summed E-state index contributed by atoms with van der Waals surface area (Å²) in [6, 6.07) is 4.14. The van der Waals surface area contributed by atoms with Gasteiger partial charge < -0.3 is 15.8 Å². The number of halogens is 1. The maximum Gasteiger partial charge on any atom is 0.251 e. The molecular weight excluding hydrogens is 201 g/mol. The van der Waals surface area contributed by atoms with Crippen LogP contribution in [0.15, 0.2) is 18.2 Å². The number of rotatable bonds is 5. The Hall–Kier alpha value is -1.53. The van der Waals surface area contributed by atoms with Crippen molar-refractivity contribution >= 4 is 11.7 Å². The summed E-state index contributed by atoms with van der Waals surface area (Å²) in [6.07, 6.45) is 0. The Morgan fingerprint density at radius 1 is 1.60 bits per heavy atom. The summed E-state index contributed by atoms with van der Waals surface area (Å²) in [7, 11) is 0. The quantitative estimate of drug-likeness (QED) is 0.538. The van der Waals surface area contributed by atoms with Gasteiger partial charge in [0.1, 0.15) is 12.4 Å².